The van der Waals surface area contributed by atoms with Gasteiger partial charge in [-0.1, -0.05) is 47.5 Å². The van der Waals surface area contributed by atoms with E-state index in [-0.39, 0.29) is 0 Å². The van der Waals surface area contributed by atoms with Crippen LogP contribution in [0.5, 0.6) is 0 Å². The summed E-state index contributed by atoms with van der Waals surface area (Å²) in [4.78, 5) is 0. The third-order valence-corrected chi connectivity index (χ3v) is 4.39. The fraction of sp³-hybridized carbons (Fsp3) is 0. The molecule has 0 nitrogen and oxygen atoms in total. The zero-order valence-corrected chi connectivity index (χ0v) is 12.0. The molecule has 0 saturated carbocycles. The Hall–Kier alpha value is -1.76. The van der Waals surface area contributed by atoms with Gasteiger partial charge in [0.1, 0.15) is 0 Å². The molecule has 0 radical (unpaired) electrons. The van der Waals surface area contributed by atoms with E-state index in [1.807, 2.05) is 12.1 Å². The quantitative estimate of drug-likeness (QED) is 0.327. The van der Waals surface area contributed by atoms with E-state index in [1.165, 1.54) is 21.5 Å². The van der Waals surface area contributed by atoms with Crippen LogP contribution in [0, 0.1) is 0 Å². The summed E-state index contributed by atoms with van der Waals surface area (Å²) >= 11 is 12.6. The van der Waals surface area contributed by atoms with Gasteiger partial charge in [-0.3, -0.25) is 0 Å². The molecule has 4 aromatic rings. The van der Waals surface area contributed by atoms with E-state index in [0.29, 0.717) is 0 Å². The maximum absolute atomic E-state index is 6.29. The summed E-state index contributed by atoms with van der Waals surface area (Å²) in [6.07, 6.45) is 0. The van der Waals surface area contributed by atoms with E-state index in [2.05, 4.69) is 48.5 Å². The van der Waals surface area contributed by atoms with Gasteiger partial charge in [0, 0.05) is 20.8 Å². The lowest BCUT2D eigenvalue weighted by Gasteiger charge is -2.07. The van der Waals surface area contributed by atoms with Crippen molar-refractivity contribution in [3.05, 3.63) is 70.7 Å². The molecule has 0 spiro atoms. The van der Waals surface area contributed by atoms with Crippen molar-refractivity contribution < 1.29 is 0 Å². The fourth-order valence-electron chi connectivity index (χ4n) is 2.71. The van der Waals surface area contributed by atoms with Crippen LogP contribution in [0.2, 0.25) is 10.0 Å². The molecule has 0 fully saturated rings. The van der Waals surface area contributed by atoms with E-state index in [1.54, 1.807) is 0 Å². The highest BCUT2D eigenvalue weighted by molar-refractivity contribution is 6.40. The molecule has 0 amide bonds. The maximum atomic E-state index is 6.29. The van der Waals surface area contributed by atoms with Crippen LogP contribution >= 0.6 is 23.2 Å². The van der Waals surface area contributed by atoms with E-state index in [9.17, 15) is 0 Å². The number of halogens is 2. The number of hydrogen-bond donors (Lipinski definition) is 0. The molecule has 0 atom stereocenters. The van der Waals surface area contributed by atoms with Crippen LogP contribution in [0.3, 0.4) is 0 Å². The third kappa shape index (κ3) is 1.76. The Morgan fingerprint density at radius 2 is 0.950 bits per heavy atom. The minimum atomic E-state index is 0.736. The molecule has 0 unspecified atom stereocenters. The Kier molecular flexibility index (Phi) is 2.63. The average Bonchev–Trinajstić information content (AvgIpc) is 2.47. The maximum Gasteiger partial charge on any atom is 0.0485 e. The second kappa shape index (κ2) is 4.37. The van der Waals surface area contributed by atoms with Crippen molar-refractivity contribution in [2.75, 3.05) is 0 Å². The lowest BCUT2D eigenvalue weighted by molar-refractivity contribution is 1.77. The molecule has 2 heteroatoms. The predicted molar refractivity (Wildman–Crippen MR) is 89.0 cm³/mol. The van der Waals surface area contributed by atoms with Crippen molar-refractivity contribution in [3.8, 4) is 0 Å². The second-order valence-corrected chi connectivity index (χ2v) is 5.79. The normalized spacial score (nSPS) is 11.5. The largest absolute Gasteiger partial charge is 0.0837 e. The highest BCUT2D eigenvalue weighted by Gasteiger charge is 2.06. The third-order valence-electron chi connectivity index (χ3n) is 3.73. The molecule has 0 aliphatic rings. The summed E-state index contributed by atoms with van der Waals surface area (Å²) in [5, 5.41) is 8.30. The predicted octanol–water partition coefficient (Wildman–Crippen LogP) is 6.45. The lowest BCUT2D eigenvalue weighted by Crippen LogP contribution is -1.80. The van der Waals surface area contributed by atoms with Gasteiger partial charge < -0.3 is 0 Å². The van der Waals surface area contributed by atoms with Gasteiger partial charge in [-0.15, -0.1) is 0 Å². The molecule has 96 valence electrons. The van der Waals surface area contributed by atoms with Crippen LogP contribution in [0.15, 0.2) is 60.7 Å². The van der Waals surface area contributed by atoms with Crippen molar-refractivity contribution >= 4 is 55.5 Å². The first-order chi connectivity index (χ1) is 9.72. The van der Waals surface area contributed by atoms with E-state index in [4.69, 9.17) is 23.2 Å². The molecule has 0 aliphatic heterocycles. The molecule has 0 N–H and O–H groups in total. The van der Waals surface area contributed by atoms with E-state index in [0.717, 1.165) is 20.8 Å². The molecule has 0 aliphatic carbocycles. The summed E-state index contributed by atoms with van der Waals surface area (Å²) in [6.45, 7) is 0. The van der Waals surface area contributed by atoms with Gasteiger partial charge in [-0.05, 0) is 57.9 Å². The topological polar surface area (TPSA) is 0 Å². The summed E-state index contributed by atoms with van der Waals surface area (Å²) in [7, 11) is 0. The Labute approximate surface area is 126 Å². The highest BCUT2D eigenvalue weighted by atomic mass is 35.5. The summed E-state index contributed by atoms with van der Waals surface area (Å²) in [5.74, 6) is 0. The summed E-state index contributed by atoms with van der Waals surface area (Å²) in [5.41, 5.74) is 0. The van der Waals surface area contributed by atoms with Crippen LogP contribution in [0.25, 0.3) is 32.3 Å². The minimum absolute atomic E-state index is 0.736. The van der Waals surface area contributed by atoms with Gasteiger partial charge in [0.25, 0.3) is 0 Å². The first-order valence-electron chi connectivity index (χ1n) is 6.43. The van der Waals surface area contributed by atoms with Crippen molar-refractivity contribution in [3.63, 3.8) is 0 Å². The zero-order valence-electron chi connectivity index (χ0n) is 10.5. The summed E-state index contributed by atoms with van der Waals surface area (Å²) in [6, 6.07) is 20.7. The average molecular weight is 297 g/mol. The first-order valence-corrected chi connectivity index (χ1v) is 7.18. The number of fused-ring (bicyclic) bond motifs is 3. The second-order valence-electron chi connectivity index (χ2n) is 4.97. The minimum Gasteiger partial charge on any atom is -0.0837 e. The fourth-order valence-corrected chi connectivity index (χ4v) is 3.15. The molecular weight excluding hydrogens is 287 g/mol. The van der Waals surface area contributed by atoms with Crippen molar-refractivity contribution in [1.82, 2.24) is 0 Å². The van der Waals surface area contributed by atoms with Crippen LogP contribution in [0.4, 0.5) is 0 Å². The lowest BCUT2D eigenvalue weighted by atomic mass is 10.00. The molecular formula is C18H10Cl2. The SMILES string of the molecule is Clc1ccc(Cl)c2cc3cc4ccccc4cc3cc12. The van der Waals surface area contributed by atoms with Crippen LogP contribution in [-0.2, 0) is 0 Å². The smallest absolute Gasteiger partial charge is 0.0485 e. The number of rotatable bonds is 0. The van der Waals surface area contributed by atoms with Gasteiger partial charge in [0.2, 0.25) is 0 Å². The van der Waals surface area contributed by atoms with Crippen LogP contribution in [0.1, 0.15) is 0 Å². The van der Waals surface area contributed by atoms with Gasteiger partial charge in [0.05, 0.1) is 0 Å². The van der Waals surface area contributed by atoms with Gasteiger partial charge in [-0.25, -0.2) is 0 Å². The number of hydrogen-bond acceptors (Lipinski definition) is 0. The van der Waals surface area contributed by atoms with Gasteiger partial charge in [0.15, 0.2) is 0 Å². The molecule has 0 saturated heterocycles. The van der Waals surface area contributed by atoms with Crippen molar-refractivity contribution in [1.29, 1.82) is 0 Å². The Balaban J connectivity index is 2.21. The van der Waals surface area contributed by atoms with Crippen molar-refractivity contribution in [2.45, 2.75) is 0 Å². The Morgan fingerprint density at radius 3 is 1.40 bits per heavy atom. The van der Waals surface area contributed by atoms with Crippen LogP contribution in [-0.4, -0.2) is 0 Å². The molecule has 0 bridgehead atoms. The highest BCUT2D eigenvalue weighted by Crippen LogP contribution is 2.34. The van der Waals surface area contributed by atoms with E-state index >= 15 is 0 Å². The summed E-state index contributed by atoms with van der Waals surface area (Å²) < 4.78 is 0. The first kappa shape index (κ1) is 12.0. The van der Waals surface area contributed by atoms with Crippen molar-refractivity contribution in [2.24, 2.45) is 0 Å². The standard InChI is InChI=1S/C18H10Cl2/c19-17-5-6-18(20)16-10-14-8-12-4-2-1-3-11(12)7-13(14)9-15(16)17/h1-10H. The molecule has 0 aromatic heterocycles. The monoisotopic (exact) mass is 296 g/mol. The number of benzene rings is 4. The van der Waals surface area contributed by atoms with E-state index < -0.39 is 0 Å². The van der Waals surface area contributed by atoms with Crippen LogP contribution < -0.4 is 0 Å². The van der Waals surface area contributed by atoms with Gasteiger partial charge in [-0.2, -0.15) is 0 Å². The van der Waals surface area contributed by atoms with Gasteiger partial charge >= 0.3 is 0 Å². The molecule has 0 heterocycles. The zero-order chi connectivity index (χ0) is 13.7. The Bertz CT molecular complexity index is 891. The Morgan fingerprint density at radius 1 is 0.500 bits per heavy atom. The molecule has 4 rings (SSSR count). The molecule has 4 aromatic carbocycles. The molecule has 20 heavy (non-hydrogen) atoms.